The molecule has 0 saturated heterocycles. The average Bonchev–Trinajstić information content (AvgIpc) is 2.86. The minimum atomic E-state index is -0.602. The number of fused-ring (bicyclic) bond motifs is 1. The Morgan fingerprint density at radius 3 is 2.66 bits per heavy atom. The number of hydrogen-bond acceptors (Lipinski definition) is 5. The molecule has 4 rings (SSSR count). The molecule has 0 bridgehead atoms. The quantitative estimate of drug-likeness (QED) is 0.421. The Kier molecular flexibility index (Phi) is 7.68. The van der Waals surface area contributed by atoms with Crippen molar-refractivity contribution in [1.29, 1.82) is 0 Å². The summed E-state index contributed by atoms with van der Waals surface area (Å²) in [6.07, 6.45) is 6.38. The van der Waals surface area contributed by atoms with Crippen LogP contribution in [0.5, 0.6) is 11.5 Å². The van der Waals surface area contributed by atoms with Gasteiger partial charge in [0.15, 0.2) is 11.4 Å². The van der Waals surface area contributed by atoms with E-state index >= 15 is 0 Å². The number of rotatable bonds is 8. The molecule has 2 heterocycles. The second kappa shape index (κ2) is 10.9. The highest BCUT2D eigenvalue weighted by Crippen LogP contribution is 2.36. The van der Waals surface area contributed by atoms with Crippen molar-refractivity contribution in [2.75, 3.05) is 18.7 Å². The number of aromatic nitrogens is 1. The molecule has 2 aromatic carbocycles. The standard InChI is InChI=1S/C26H25Cl2N3O4/c1-2-19(30-16-29-31-13-12-21(32)24(33)23(31)26(30)34)9-6-14-35-25-18(10-11-20(27)22(25)28)15-17-7-4-3-5-8-17/h3-13,19,29,33H,2,14-16H2,1H3/b9-6+/t19-/m1/s1. The molecule has 182 valence electrons. The zero-order valence-corrected chi connectivity index (χ0v) is 20.6. The number of nitrogens with zero attached hydrogens (tertiary/aromatic N) is 2. The van der Waals surface area contributed by atoms with Crippen LogP contribution >= 0.6 is 23.2 Å². The number of carbonyl (C=O) groups is 1. The first-order chi connectivity index (χ1) is 16.9. The molecule has 7 nitrogen and oxygen atoms in total. The summed E-state index contributed by atoms with van der Waals surface area (Å²) in [5.74, 6) is -0.479. The second-order valence-electron chi connectivity index (χ2n) is 8.07. The van der Waals surface area contributed by atoms with Crippen LogP contribution in [0, 0.1) is 0 Å². The van der Waals surface area contributed by atoms with Gasteiger partial charge < -0.3 is 20.2 Å². The predicted molar refractivity (Wildman–Crippen MR) is 137 cm³/mol. The highest BCUT2D eigenvalue weighted by Gasteiger charge is 2.31. The number of pyridine rings is 1. The maximum Gasteiger partial charge on any atom is 0.278 e. The Labute approximate surface area is 213 Å². The van der Waals surface area contributed by atoms with Gasteiger partial charge in [-0.1, -0.05) is 72.6 Å². The summed E-state index contributed by atoms with van der Waals surface area (Å²) in [4.78, 5) is 26.4. The lowest BCUT2D eigenvalue weighted by molar-refractivity contribution is 0.0674. The lowest BCUT2D eigenvalue weighted by atomic mass is 10.0. The summed E-state index contributed by atoms with van der Waals surface area (Å²) in [6.45, 7) is 2.38. The van der Waals surface area contributed by atoms with Crippen LogP contribution in [0.15, 0.2) is 71.7 Å². The Morgan fingerprint density at radius 1 is 1.14 bits per heavy atom. The van der Waals surface area contributed by atoms with Crippen molar-refractivity contribution in [1.82, 2.24) is 9.58 Å². The molecular formula is C26H25Cl2N3O4. The van der Waals surface area contributed by atoms with Crippen molar-refractivity contribution >= 4 is 29.1 Å². The Balaban J connectivity index is 1.48. The van der Waals surface area contributed by atoms with Crippen molar-refractivity contribution in [3.63, 3.8) is 0 Å². The molecule has 0 saturated carbocycles. The van der Waals surface area contributed by atoms with Crippen LogP contribution in [-0.2, 0) is 6.42 Å². The van der Waals surface area contributed by atoms with Gasteiger partial charge in [0, 0.05) is 24.2 Å². The van der Waals surface area contributed by atoms with Gasteiger partial charge in [0.05, 0.1) is 11.1 Å². The van der Waals surface area contributed by atoms with Crippen LogP contribution in [0.2, 0.25) is 10.0 Å². The zero-order valence-electron chi connectivity index (χ0n) is 19.1. The fraction of sp³-hybridized carbons (Fsp3) is 0.231. The van der Waals surface area contributed by atoms with Gasteiger partial charge in [0.1, 0.15) is 24.0 Å². The smallest absolute Gasteiger partial charge is 0.278 e. The van der Waals surface area contributed by atoms with Crippen LogP contribution in [0.1, 0.15) is 35.0 Å². The van der Waals surface area contributed by atoms with E-state index in [1.54, 1.807) is 11.0 Å². The molecule has 0 spiro atoms. The largest absolute Gasteiger partial charge is 0.502 e. The van der Waals surface area contributed by atoms with Crippen LogP contribution < -0.4 is 15.6 Å². The lowest BCUT2D eigenvalue weighted by Crippen LogP contribution is -2.50. The molecule has 1 aromatic heterocycles. The first-order valence-electron chi connectivity index (χ1n) is 11.2. The maximum absolute atomic E-state index is 13.0. The first kappa shape index (κ1) is 24.7. The summed E-state index contributed by atoms with van der Waals surface area (Å²) in [6, 6.07) is 14.6. The maximum atomic E-state index is 13.0. The highest BCUT2D eigenvalue weighted by atomic mass is 35.5. The number of halogens is 2. The topological polar surface area (TPSA) is 83.8 Å². The van der Waals surface area contributed by atoms with Gasteiger partial charge in [-0.25, -0.2) is 0 Å². The lowest BCUT2D eigenvalue weighted by Gasteiger charge is -2.35. The van der Waals surface area contributed by atoms with Gasteiger partial charge in [-0.2, -0.15) is 0 Å². The van der Waals surface area contributed by atoms with Crippen LogP contribution in [0.4, 0.5) is 0 Å². The number of aromatic hydroxyl groups is 1. The minimum Gasteiger partial charge on any atom is -0.502 e. The molecule has 1 amide bonds. The van der Waals surface area contributed by atoms with Crippen molar-refractivity contribution in [3.8, 4) is 11.5 Å². The van der Waals surface area contributed by atoms with Gasteiger partial charge in [-0.05, 0) is 24.1 Å². The van der Waals surface area contributed by atoms with Gasteiger partial charge >= 0.3 is 0 Å². The number of amides is 1. The van der Waals surface area contributed by atoms with Crippen molar-refractivity contribution in [2.24, 2.45) is 0 Å². The number of carbonyl (C=O) groups excluding carboxylic acids is 1. The Morgan fingerprint density at radius 2 is 1.91 bits per heavy atom. The number of ether oxygens (including phenoxy) is 1. The summed E-state index contributed by atoms with van der Waals surface area (Å²) >= 11 is 12.7. The number of hydrogen-bond donors (Lipinski definition) is 2. The number of benzene rings is 2. The summed E-state index contributed by atoms with van der Waals surface area (Å²) in [5.41, 5.74) is 4.37. The molecule has 0 fully saturated rings. The van der Waals surface area contributed by atoms with Crippen molar-refractivity contribution in [3.05, 3.63) is 104 Å². The Bertz CT molecular complexity index is 1310. The average molecular weight is 514 g/mol. The van der Waals surface area contributed by atoms with Crippen LogP contribution in [-0.4, -0.2) is 39.9 Å². The van der Waals surface area contributed by atoms with E-state index in [9.17, 15) is 14.7 Å². The predicted octanol–water partition coefficient (Wildman–Crippen LogP) is 4.82. The van der Waals surface area contributed by atoms with Crippen LogP contribution in [0.3, 0.4) is 0 Å². The van der Waals surface area contributed by atoms with E-state index in [2.05, 4.69) is 5.43 Å². The first-order valence-corrected chi connectivity index (χ1v) is 12.0. The molecule has 2 N–H and O–H groups in total. The second-order valence-corrected chi connectivity index (χ2v) is 8.85. The molecular weight excluding hydrogens is 489 g/mol. The fourth-order valence-electron chi connectivity index (χ4n) is 3.98. The normalized spacial score (nSPS) is 14.0. The van der Waals surface area contributed by atoms with Gasteiger partial charge in [-0.15, -0.1) is 0 Å². The minimum absolute atomic E-state index is 0.0805. The molecule has 0 unspecified atom stereocenters. The van der Waals surface area contributed by atoms with E-state index in [-0.39, 0.29) is 25.0 Å². The molecule has 0 radical (unpaired) electrons. The highest BCUT2D eigenvalue weighted by molar-refractivity contribution is 6.43. The Hall–Kier alpha value is -3.42. The zero-order chi connectivity index (χ0) is 24.9. The van der Waals surface area contributed by atoms with E-state index in [1.807, 2.05) is 55.5 Å². The van der Waals surface area contributed by atoms with E-state index in [4.69, 9.17) is 27.9 Å². The molecule has 3 aromatic rings. The van der Waals surface area contributed by atoms with Gasteiger partial charge in [0.2, 0.25) is 5.43 Å². The molecule has 1 aliphatic heterocycles. The van der Waals surface area contributed by atoms with Crippen molar-refractivity contribution < 1.29 is 14.6 Å². The fourth-order valence-corrected chi connectivity index (χ4v) is 4.37. The molecule has 1 atom stereocenters. The van der Waals surface area contributed by atoms with Crippen molar-refractivity contribution in [2.45, 2.75) is 25.8 Å². The van der Waals surface area contributed by atoms with E-state index in [0.717, 1.165) is 11.1 Å². The summed E-state index contributed by atoms with van der Waals surface area (Å²) < 4.78 is 7.38. The monoisotopic (exact) mass is 513 g/mol. The molecule has 0 aliphatic carbocycles. The third kappa shape index (κ3) is 5.31. The van der Waals surface area contributed by atoms with E-state index < -0.39 is 17.1 Å². The third-order valence-electron chi connectivity index (χ3n) is 5.82. The van der Waals surface area contributed by atoms with E-state index in [1.165, 1.54) is 16.9 Å². The summed E-state index contributed by atoms with van der Waals surface area (Å²) in [5, 5.41) is 10.9. The van der Waals surface area contributed by atoms with Gasteiger partial charge in [-0.3, -0.25) is 14.3 Å². The SMILES string of the molecule is CC[C@H](/C=C/COc1c(Cc2ccccc2)ccc(Cl)c1Cl)N1CNn2ccc(=O)c(O)c2C1=O. The number of nitrogens with one attached hydrogen (secondary N) is 1. The van der Waals surface area contributed by atoms with E-state index in [0.29, 0.717) is 28.6 Å². The molecule has 35 heavy (non-hydrogen) atoms. The third-order valence-corrected chi connectivity index (χ3v) is 6.61. The summed E-state index contributed by atoms with van der Waals surface area (Å²) in [7, 11) is 0. The molecule has 9 heteroatoms. The van der Waals surface area contributed by atoms with Crippen LogP contribution in [0.25, 0.3) is 0 Å². The molecule has 1 aliphatic rings. The van der Waals surface area contributed by atoms with Gasteiger partial charge in [0.25, 0.3) is 5.91 Å².